The van der Waals surface area contributed by atoms with E-state index in [1.807, 2.05) is 6.92 Å². The molecule has 0 bridgehead atoms. The highest BCUT2D eigenvalue weighted by Gasteiger charge is 2.34. The molecule has 2 aliphatic rings. The normalized spacial score (nSPS) is 16.1. The summed E-state index contributed by atoms with van der Waals surface area (Å²) in [6.45, 7) is 3.30. The number of nitrogens with zero attached hydrogens (tertiary/aromatic N) is 1. The van der Waals surface area contributed by atoms with E-state index in [0.29, 0.717) is 49.5 Å². The van der Waals surface area contributed by atoms with E-state index in [9.17, 15) is 18.8 Å². The Morgan fingerprint density at radius 3 is 2.56 bits per heavy atom. The van der Waals surface area contributed by atoms with Crippen LogP contribution in [-0.2, 0) is 4.79 Å². The van der Waals surface area contributed by atoms with E-state index in [4.69, 9.17) is 9.47 Å². The van der Waals surface area contributed by atoms with Gasteiger partial charge in [0.25, 0.3) is 11.8 Å². The summed E-state index contributed by atoms with van der Waals surface area (Å²) in [6.07, 6.45) is 1.78. The van der Waals surface area contributed by atoms with Crippen molar-refractivity contribution in [3.63, 3.8) is 0 Å². The van der Waals surface area contributed by atoms with Gasteiger partial charge in [0.1, 0.15) is 11.9 Å². The minimum absolute atomic E-state index is 0.0364. The summed E-state index contributed by atoms with van der Waals surface area (Å²) >= 11 is 0. The standard InChI is InChI=1S/C25H28FN3O5/c1-2-11-27-24(31)22(28-23(30)17-7-8-20-21(14-17)34-15-33-20)16-9-12-29(13-10-16)25(32)18-5-3-4-6-19(18)26/h3-8,14,16,22H,2,9-13,15H2,1H3,(H,27,31)(H,28,30)/t22-/m1/s1. The topological polar surface area (TPSA) is 97.0 Å². The number of nitrogens with one attached hydrogen (secondary N) is 2. The van der Waals surface area contributed by atoms with Crippen LogP contribution >= 0.6 is 0 Å². The smallest absolute Gasteiger partial charge is 0.256 e. The third kappa shape index (κ3) is 5.13. The lowest BCUT2D eigenvalue weighted by Crippen LogP contribution is -2.54. The van der Waals surface area contributed by atoms with E-state index in [1.54, 1.807) is 35.2 Å². The first-order chi connectivity index (χ1) is 16.5. The predicted molar refractivity (Wildman–Crippen MR) is 122 cm³/mol. The van der Waals surface area contributed by atoms with Crippen LogP contribution in [0.1, 0.15) is 46.9 Å². The van der Waals surface area contributed by atoms with Crippen molar-refractivity contribution < 1.29 is 28.2 Å². The molecule has 1 atom stereocenters. The van der Waals surface area contributed by atoms with E-state index in [2.05, 4.69) is 10.6 Å². The molecule has 0 unspecified atom stereocenters. The zero-order valence-corrected chi connectivity index (χ0v) is 19.0. The Kier molecular flexibility index (Phi) is 7.30. The summed E-state index contributed by atoms with van der Waals surface area (Å²) in [5.41, 5.74) is 0.402. The summed E-state index contributed by atoms with van der Waals surface area (Å²) in [7, 11) is 0. The third-order valence-corrected chi connectivity index (χ3v) is 6.16. The molecule has 2 aliphatic heterocycles. The summed E-state index contributed by atoms with van der Waals surface area (Å²) in [5, 5.41) is 5.74. The molecule has 9 heteroatoms. The molecular formula is C25H28FN3O5. The summed E-state index contributed by atoms with van der Waals surface area (Å²) < 4.78 is 24.7. The number of carbonyl (C=O) groups excluding carboxylic acids is 3. The maximum atomic E-state index is 14.0. The number of rotatable bonds is 7. The molecular weight excluding hydrogens is 441 g/mol. The van der Waals surface area contributed by atoms with Crippen molar-refractivity contribution in [1.82, 2.24) is 15.5 Å². The molecule has 2 aromatic carbocycles. The van der Waals surface area contributed by atoms with Crippen molar-refractivity contribution >= 4 is 17.7 Å². The molecule has 1 fully saturated rings. The second-order valence-electron chi connectivity index (χ2n) is 8.42. The van der Waals surface area contributed by atoms with Crippen molar-refractivity contribution in [3.05, 3.63) is 59.4 Å². The van der Waals surface area contributed by atoms with Crippen molar-refractivity contribution in [2.45, 2.75) is 32.2 Å². The highest BCUT2D eigenvalue weighted by molar-refractivity contribution is 5.98. The van der Waals surface area contributed by atoms with Crippen LogP contribution in [0.2, 0.25) is 0 Å². The largest absolute Gasteiger partial charge is 0.454 e. The maximum absolute atomic E-state index is 14.0. The highest BCUT2D eigenvalue weighted by atomic mass is 19.1. The van der Waals surface area contributed by atoms with Gasteiger partial charge in [-0.05, 0) is 55.5 Å². The lowest BCUT2D eigenvalue weighted by Gasteiger charge is -2.36. The number of fused-ring (bicyclic) bond motifs is 1. The second-order valence-corrected chi connectivity index (χ2v) is 8.42. The van der Waals surface area contributed by atoms with Gasteiger partial charge in [-0.2, -0.15) is 0 Å². The molecule has 4 rings (SSSR count). The van der Waals surface area contributed by atoms with Crippen molar-refractivity contribution in [2.75, 3.05) is 26.4 Å². The number of hydrogen-bond donors (Lipinski definition) is 2. The quantitative estimate of drug-likeness (QED) is 0.650. The van der Waals surface area contributed by atoms with Crippen LogP contribution in [-0.4, -0.2) is 55.1 Å². The SMILES string of the molecule is CCCNC(=O)[C@H](NC(=O)c1ccc2c(c1)OCO2)C1CCN(C(=O)c2ccccc2F)CC1. The van der Waals surface area contributed by atoms with Crippen molar-refractivity contribution in [3.8, 4) is 11.5 Å². The van der Waals surface area contributed by atoms with Crippen LogP contribution in [0.4, 0.5) is 4.39 Å². The van der Waals surface area contributed by atoms with Gasteiger partial charge in [-0.25, -0.2) is 4.39 Å². The van der Waals surface area contributed by atoms with Gasteiger partial charge < -0.3 is 25.0 Å². The number of amides is 3. The van der Waals surface area contributed by atoms with Gasteiger partial charge in [-0.15, -0.1) is 0 Å². The molecule has 2 aromatic rings. The van der Waals surface area contributed by atoms with E-state index in [0.717, 1.165) is 6.42 Å². The number of hydrogen-bond acceptors (Lipinski definition) is 5. The highest BCUT2D eigenvalue weighted by Crippen LogP contribution is 2.32. The average molecular weight is 470 g/mol. The van der Waals surface area contributed by atoms with E-state index in [-0.39, 0.29) is 36.0 Å². The molecule has 3 amide bonds. The van der Waals surface area contributed by atoms with Gasteiger partial charge in [0.05, 0.1) is 5.56 Å². The predicted octanol–water partition coefficient (Wildman–Crippen LogP) is 2.73. The van der Waals surface area contributed by atoms with E-state index >= 15 is 0 Å². The lowest BCUT2D eigenvalue weighted by atomic mass is 9.88. The van der Waals surface area contributed by atoms with Gasteiger partial charge in [0.15, 0.2) is 11.5 Å². The zero-order valence-electron chi connectivity index (χ0n) is 19.0. The first kappa shape index (κ1) is 23.5. The summed E-state index contributed by atoms with van der Waals surface area (Å²) in [6, 6.07) is 10.0. The first-order valence-corrected chi connectivity index (χ1v) is 11.5. The summed E-state index contributed by atoms with van der Waals surface area (Å²) in [4.78, 5) is 40.2. The number of ether oxygens (including phenoxy) is 2. The molecule has 0 aliphatic carbocycles. The molecule has 0 aromatic heterocycles. The number of halogens is 1. The third-order valence-electron chi connectivity index (χ3n) is 6.16. The molecule has 8 nitrogen and oxygen atoms in total. The maximum Gasteiger partial charge on any atom is 0.256 e. The lowest BCUT2D eigenvalue weighted by molar-refractivity contribution is -0.124. The minimum Gasteiger partial charge on any atom is -0.454 e. The first-order valence-electron chi connectivity index (χ1n) is 11.5. The molecule has 180 valence electrons. The number of carbonyl (C=O) groups is 3. The monoisotopic (exact) mass is 469 g/mol. The van der Waals surface area contributed by atoms with Gasteiger partial charge in [-0.1, -0.05) is 19.1 Å². The van der Waals surface area contributed by atoms with Crippen LogP contribution < -0.4 is 20.1 Å². The van der Waals surface area contributed by atoms with E-state index < -0.39 is 11.9 Å². The minimum atomic E-state index is -0.754. The Hall–Kier alpha value is -3.62. The van der Waals surface area contributed by atoms with Crippen LogP contribution in [0.15, 0.2) is 42.5 Å². The van der Waals surface area contributed by atoms with Crippen molar-refractivity contribution in [2.24, 2.45) is 5.92 Å². The fourth-order valence-electron chi connectivity index (χ4n) is 4.26. The fraction of sp³-hybridized carbons (Fsp3) is 0.400. The Morgan fingerprint density at radius 2 is 1.82 bits per heavy atom. The molecule has 2 heterocycles. The molecule has 0 spiro atoms. The zero-order chi connectivity index (χ0) is 24.1. The van der Waals surface area contributed by atoms with Gasteiger partial charge in [-0.3, -0.25) is 14.4 Å². The molecule has 34 heavy (non-hydrogen) atoms. The second kappa shape index (κ2) is 10.5. The molecule has 1 saturated heterocycles. The summed E-state index contributed by atoms with van der Waals surface area (Å²) in [5.74, 6) is -0.676. The van der Waals surface area contributed by atoms with Crippen molar-refractivity contribution in [1.29, 1.82) is 0 Å². The molecule has 2 N–H and O–H groups in total. The van der Waals surface area contributed by atoms with E-state index in [1.165, 1.54) is 12.1 Å². The van der Waals surface area contributed by atoms with Crippen LogP contribution in [0.3, 0.4) is 0 Å². The Balaban J connectivity index is 1.44. The molecule has 0 saturated carbocycles. The number of benzene rings is 2. The van der Waals surface area contributed by atoms with Gasteiger partial charge in [0.2, 0.25) is 12.7 Å². The van der Waals surface area contributed by atoms with Crippen LogP contribution in [0.25, 0.3) is 0 Å². The Bertz CT molecular complexity index is 1070. The number of piperidine rings is 1. The molecule has 0 radical (unpaired) electrons. The van der Waals surface area contributed by atoms with Gasteiger partial charge >= 0.3 is 0 Å². The van der Waals surface area contributed by atoms with Crippen LogP contribution in [0.5, 0.6) is 11.5 Å². The Morgan fingerprint density at radius 1 is 1.09 bits per heavy atom. The van der Waals surface area contributed by atoms with Gasteiger partial charge in [0, 0.05) is 25.2 Å². The fourth-order valence-corrected chi connectivity index (χ4v) is 4.26. The average Bonchev–Trinajstić information content (AvgIpc) is 3.34. The van der Waals surface area contributed by atoms with Crippen LogP contribution in [0, 0.1) is 11.7 Å². The Labute approximate surface area is 197 Å². The number of likely N-dealkylation sites (tertiary alicyclic amines) is 1.